The molecular formula is C17H15N5O2S. The first-order valence-corrected chi connectivity index (χ1v) is 8.66. The number of imidazole rings is 1. The zero-order chi connectivity index (χ0) is 17.4. The zero-order valence-electron chi connectivity index (χ0n) is 13.7. The molecule has 7 nitrogen and oxygen atoms in total. The van der Waals surface area contributed by atoms with Crippen LogP contribution >= 0.6 is 11.8 Å². The molecule has 8 heteroatoms. The predicted octanol–water partition coefficient (Wildman–Crippen LogP) is 2.91. The van der Waals surface area contributed by atoms with Crippen LogP contribution in [0.1, 0.15) is 11.5 Å². The summed E-state index contributed by atoms with van der Waals surface area (Å²) in [4.78, 5) is 27.5. The van der Waals surface area contributed by atoms with E-state index in [0.717, 1.165) is 17.0 Å². The lowest BCUT2D eigenvalue weighted by atomic mass is 10.2. The molecule has 0 saturated carbocycles. The monoisotopic (exact) mass is 353 g/mol. The van der Waals surface area contributed by atoms with Crippen molar-refractivity contribution in [3.05, 3.63) is 58.5 Å². The van der Waals surface area contributed by atoms with Gasteiger partial charge in [0.1, 0.15) is 5.76 Å². The van der Waals surface area contributed by atoms with E-state index in [4.69, 9.17) is 4.42 Å². The van der Waals surface area contributed by atoms with Crippen molar-refractivity contribution < 1.29 is 4.42 Å². The Kier molecular flexibility index (Phi) is 3.89. The number of nitrogens with zero attached hydrogens (tertiary/aromatic N) is 4. The first-order valence-electron chi connectivity index (χ1n) is 7.68. The minimum atomic E-state index is -0.239. The average Bonchev–Trinajstić information content (AvgIpc) is 3.16. The van der Waals surface area contributed by atoms with Crippen LogP contribution in [0.3, 0.4) is 0 Å². The maximum absolute atomic E-state index is 11.8. The minimum absolute atomic E-state index is 0.239. The number of aromatic nitrogens is 5. The number of rotatable bonds is 4. The Bertz CT molecular complexity index is 1100. The van der Waals surface area contributed by atoms with Crippen LogP contribution in [0.2, 0.25) is 0 Å². The van der Waals surface area contributed by atoms with Crippen LogP contribution < -0.4 is 5.56 Å². The summed E-state index contributed by atoms with van der Waals surface area (Å²) < 4.78 is 7.59. The Hall–Kier alpha value is -2.87. The fraction of sp³-hybridized carbons (Fsp3) is 0.176. The van der Waals surface area contributed by atoms with Gasteiger partial charge in [-0.2, -0.15) is 0 Å². The number of hydrogen-bond acceptors (Lipinski definition) is 6. The third-order valence-electron chi connectivity index (χ3n) is 3.87. The van der Waals surface area contributed by atoms with Gasteiger partial charge < -0.3 is 14.0 Å². The maximum atomic E-state index is 11.8. The van der Waals surface area contributed by atoms with Crippen molar-refractivity contribution in [2.24, 2.45) is 7.05 Å². The maximum Gasteiger partial charge on any atom is 0.278 e. The highest BCUT2D eigenvalue weighted by Gasteiger charge is 2.15. The number of oxazole rings is 1. The molecule has 0 aliphatic rings. The van der Waals surface area contributed by atoms with E-state index in [0.29, 0.717) is 28.0 Å². The van der Waals surface area contributed by atoms with E-state index in [2.05, 4.69) is 19.9 Å². The van der Waals surface area contributed by atoms with Gasteiger partial charge in [-0.25, -0.2) is 15.0 Å². The summed E-state index contributed by atoms with van der Waals surface area (Å²) in [6.45, 7) is 1.90. The summed E-state index contributed by atoms with van der Waals surface area (Å²) in [6.07, 6.45) is 1.38. The molecule has 4 aromatic rings. The molecular weight excluding hydrogens is 338 g/mol. The van der Waals surface area contributed by atoms with Crippen molar-refractivity contribution in [2.45, 2.75) is 17.8 Å². The van der Waals surface area contributed by atoms with Crippen LogP contribution in [0.15, 0.2) is 51.0 Å². The van der Waals surface area contributed by atoms with Crippen molar-refractivity contribution in [1.82, 2.24) is 24.5 Å². The van der Waals surface area contributed by atoms with E-state index >= 15 is 0 Å². The van der Waals surface area contributed by atoms with Crippen molar-refractivity contribution >= 4 is 22.9 Å². The van der Waals surface area contributed by atoms with Crippen LogP contribution in [0.4, 0.5) is 0 Å². The topological polar surface area (TPSA) is 89.6 Å². The zero-order valence-corrected chi connectivity index (χ0v) is 14.5. The van der Waals surface area contributed by atoms with Crippen molar-refractivity contribution in [2.75, 3.05) is 0 Å². The first kappa shape index (κ1) is 15.6. The van der Waals surface area contributed by atoms with Crippen molar-refractivity contribution in [3.63, 3.8) is 0 Å². The summed E-state index contributed by atoms with van der Waals surface area (Å²) in [5, 5.41) is 0.711. The highest BCUT2D eigenvalue weighted by molar-refractivity contribution is 7.98. The lowest BCUT2D eigenvalue weighted by Gasteiger charge is -2.00. The van der Waals surface area contributed by atoms with Gasteiger partial charge in [0.05, 0.1) is 12.0 Å². The number of thioether (sulfide) groups is 1. The van der Waals surface area contributed by atoms with Gasteiger partial charge in [-0.15, -0.1) is 0 Å². The number of aryl methyl sites for hydroxylation is 2. The van der Waals surface area contributed by atoms with Gasteiger partial charge in [-0.3, -0.25) is 4.79 Å². The minimum Gasteiger partial charge on any atom is -0.441 e. The van der Waals surface area contributed by atoms with E-state index in [1.54, 1.807) is 0 Å². The molecule has 0 unspecified atom stereocenters. The van der Waals surface area contributed by atoms with Crippen LogP contribution in [0.5, 0.6) is 0 Å². The first-order chi connectivity index (χ1) is 12.1. The Morgan fingerprint density at radius 1 is 1.24 bits per heavy atom. The third-order valence-corrected chi connectivity index (χ3v) is 4.91. The second-order valence-corrected chi connectivity index (χ2v) is 6.48. The molecule has 0 radical (unpaired) electrons. The summed E-state index contributed by atoms with van der Waals surface area (Å²) >= 11 is 1.49. The highest BCUT2D eigenvalue weighted by Crippen LogP contribution is 2.27. The van der Waals surface area contributed by atoms with Gasteiger partial charge >= 0.3 is 0 Å². The Morgan fingerprint density at radius 3 is 2.80 bits per heavy atom. The SMILES string of the molecule is Cc1oc(-c2ccccc2)nc1CSc1nc2c(=O)[nH]cnc2n1C. The summed E-state index contributed by atoms with van der Waals surface area (Å²) in [6, 6.07) is 9.79. The second-order valence-electron chi connectivity index (χ2n) is 5.53. The molecule has 0 amide bonds. The number of aromatic amines is 1. The average molecular weight is 353 g/mol. The summed E-state index contributed by atoms with van der Waals surface area (Å²) in [5.41, 5.74) is 2.47. The molecule has 1 N–H and O–H groups in total. The number of nitrogens with one attached hydrogen (secondary N) is 1. The molecule has 126 valence electrons. The van der Waals surface area contributed by atoms with Gasteiger partial charge in [0.2, 0.25) is 5.89 Å². The lowest BCUT2D eigenvalue weighted by Crippen LogP contribution is -2.06. The van der Waals surface area contributed by atoms with E-state index in [-0.39, 0.29) is 5.56 Å². The molecule has 4 rings (SSSR count). The molecule has 0 atom stereocenters. The molecule has 0 spiro atoms. The predicted molar refractivity (Wildman–Crippen MR) is 95.4 cm³/mol. The van der Waals surface area contributed by atoms with Gasteiger partial charge in [-0.05, 0) is 19.1 Å². The molecule has 0 aliphatic carbocycles. The largest absolute Gasteiger partial charge is 0.441 e. The molecule has 0 bridgehead atoms. The smallest absolute Gasteiger partial charge is 0.278 e. The number of hydrogen-bond donors (Lipinski definition) is 1. The van der Waals surface area contributed by atoms with Gasteiger partial charge in [0.25, 0.3) is 5.56 Å². The van der Waals surface area contributed by atoms with Crippen LogP contribution in [-0.4, -0.2) is 24.5 Å². The fourth-order valence-corrected chi connectivity index (χ4v) is 3.49. The number of fused-ring (bicyclic) bond motifs is 1. The van der Waals surface area contributed by atoms with Gasteiger partial charge in [0.15, 0.2) is 16.3 Å². The van der Waals surface area contributed by atoms with Crippen LogP contribution in [-0.2, 0) is 12.8 Å². The molecule has 3 aromatic heterocycles. The summed E-state index contributed by atoms with van der Waals surface area (Å²) in [5.74, 6) is 1.98. The quantitative estimate of drug-likeness (QED) is 0.567. The Morgan fingerprint density at radius 2 is 2.04 bits per heavy atom. The number of H-pyrrole nitrogens is 1. The molecule has 0 aliphatic heterocycles. The van der Waals surface area contributed by atoms with Crippen LogP contribution in [0, 0.1) is 6.92 Å². The molecule has 25 heavy (non-hydrogen) atoms. The van der Waals surface area contributed by atoms with E-state index in [9.17, 15) is 4.79 Å². The standard InChI is InChI=1S/C17H15N5O2S/c1-10-12(20-16(24-10)11-6-4-3-5-7-11)8-25-17-21-13-14(22(17)2)18-9-19-15(13)23/h3-7,9H,8H2,1-2H3,(H,18,19,23). The van der Waals surface area contributed by atoms with Crippen LogP contribution in [0.25, 0.3) is 22.6 Å². The Labute approximate surface area is 147 Å². The molecule has 0 fully saturated rings. The van der Waals surface area contributed by atoms with Crippen molar-refractivity contribution in [3.8, 4) is 11.5 Å². The van der Waals surface area contributed by atoms with Gasteiger partial charge in [-0.1, -0.05) is 30.0 Å². The fourth-order valence-electron chi connectivity index (χ4n) is 2.52. The third kappa shape index (κ3) is 2.85. The van der Waals surface area contributed by atoms with Crippen molar-refractivity contribution in [1.29, 1.82) is 0 Å². The van der Waals surface area contributed by atoms with Gasteiger partial charge in [0, 0.05) is 18.4 Å². The molecule has 3 heterocycles. The van der Waals surface area contributed by atoms with E-state index in [1.807, 2.05) is 48.9 Å². The second kappa shape index (κ2) is 6.21. The summed E-state index contributed by atoms with van der Waals surface area (Å²) in [7, 11) is 1.84. The normalized spacial score (nSPS) is 11.3. The number of benzene rings is 1. The highest BCUT2D eigenvalue weighted by atomic mass is 32.2. The van der Waals surface area contributed by atoms with E-state index in [1.165, 1.54) is 18.1 Å². The van der Waals surface area contributed by atoms with E-state index < -0.39 is 0 Å². The Balaban J connectivity index is 1.60. The lowest BCUT2D eigenvalue weighted by molar-refractivity contribution is 0.540. The molecule has 1 aromatic carbocycles. The molecule has 0 saturated heterocycles.